The maximum absolute atomic E-state index is 11.8. The summed E-state index contributed by atoms with van der Waals surface area (Å²) >= 11 is 0. The van der Waals surface area contributed by atoms with Gasteiger partial charge in [0, 0.05) is 12.6 Å². The minimum atomic E-state index is -0.352. The number of carbonyl (C=O) groups is 2. The molecule has 0 atom stereocenters. The SMILES string of the molecule is Cc1ccc(-c2noc(CN3C(=O)CN(C)C3=O)n2)cc1. The van der Waals surface area contributed by atoms with E-state index < -0.39 is 0 Å². The Morgan fingerprint density at radius 1 is 1.24 bits per heavy atom. The second kappa shape index (κ2) is 5.01. The van der Waals surface area contributed by atoms with E-state index in [0.29, 0.717) is 5.82 Å². The Kier molecular flexibility index (Phi) is 3.17. The van der Waals surface area contributed by atoms with E-state index in [1.54, 1.807) is 7.05 Å². The Morgan fingerprint density at radius 2 is 1.95 bits per heavy atom. The number of rotatable bonds is 3. The van der Waals surface area contributed by atoms with Gasteiger partial charge in [-0.2, -0.15) is 4.98 Å². The van der Waals surface area contributed by atoms with Crippen molar-refractivity contribution in [3.05, 3.63) is 35.7 Å². The Hall–Kier alpha value is -2.70. The summed E-state index contributed by atoms with van der Waals surface area (Å²) in [6, 6.07) is 7.34. The second-order valence-electron chi connectivity index (χ2n) is 5.00. The second-order valence-corrected chi connectivity index (χ2v) is 5.00. The molecule has 1 saturated heterocycles. The average molecular weight is 286 g/mol. The van der Waals surface area contributed by atoms with E-state index in [2.05, 4.69) is 10.1 Å². The molecule has 1 aromatic heterocycles. The number of amides is 3. The lowest BCUT2D eigenvalue weighted by molar-refractivity contribution is -0.125. The molecular formula is C14H14N4O3. The van der Waals surface area contributed by atoms with Crippen molar-refractivity contribution in [2.75, 3.05) is 13.6 Å². The lowest BCUT2D eigenvalue weighted by Crippen LogP contribution is -2.31. The highest BCUT2D eigenvalue weighted by atomic mass is 16.5. The summed E-state index contributed by atoms with van der Waals surface area (Å²) in [6.45, 7) is 2.07. The number of urea groups is 1. The van der Waals surface area contributed by atoms with Crippen LogP contribution in [0.4, 0.5) is 4.79 Å². The minimum Gasteiger partial charge on any atom is -0.337 e. The summed E-state index contributed by atoms with van der Waals surface area (Å²) in [6.07, 6.45) is 0. The highest BCUT2D eigenvalue weighted by molar-refractivity contribution is 6.01. The molecule has 7 nitrogen and oxygen atoms in total. The fraction of sp³-hybridized carbons (Fsp3) is 0.286. The first kappa shape index (κ1) is 13.3. The molecule has 0 bridgehead atoms. The van der Waals surface area contributed by atoms with Crippen molar-refractivity contribution in [1.29, 1.82) is 0 Å². The van der Waals surface area contributed by atoms with Gasteiger partial charge in [0.2, 0.25) is 11.7 Å². The monoisotopic (exact) mass is 286 g/mol. The number of aryl methyl sites for hydroxylation is 1. The number of hydrogen-bond donors (Lipinski definition) is 0. The summed E-state index contributed by atoms with van der Waals surface area (Å²) in [5.74, 6) is 0.414. The summed E-state index contributed by atoms with van der Waals surface area (Å²) < 4.78 is 5.12. The van der Waals surface area contributed by atoms with E-state index in [4.69, 9.17) is 4.52 Å². The molecule has 3 rings (SSSR count). The molecule has 0 saturated carbocycles. The van der Waals surface area contributed by atoms with Crippen LogP contribution in [0.25, 0.3) is 11.4 Å². The number of hydrogen-bond acceptors (Lipinski definition) is 5. The summed E-state index contributed by atoms with van der Waals surface area (Å²) in [5, 5.41) is 3.88. The van der Waals surface area contributed by atoms with Gasteiger partial charge in [-0.25, -0.2) is 4.79 Å². The van der Waals surface area contributed by atoms with E-state index >= 15 is 0 Å². The van der Waals surface area contributed by atoms with Gasteiger partial charge in [-0.1, -0.05) is 35.0 Å². The average Bonchev–Trinajstić information content (AvgIpc) is 3.01. The van der Waals surface area contributed by atoms with Gasteiger partial charge in [0.15, 0.2) is 0 Å². The quantitative estimate of drug-likeness (QED) is 0.798. The molecule has 0 radical (unpaired) electrons. The number of imide groups is 1. The first-order valence-corrected chi connectivity index (χ1v) is 6.49. The van der Waals surface area contributed by atoms with Crippen LogP contribution in [-0.2, 0) is 11.3 Å². The highest BCUT2D eigenvalue weighted by Crippen LogP contribution is 2.18. The van der Waals surface area contributed by atoms with Crippen LogP contribution in [0.15, 0.2) is 28.8 Å². The third kappa shape index (κ3) is 2.49. The van der Waals surface area contributed by atoms with Crippen molar-refractivity contribution < 1.29 is 14.1 Å². The zero-order valence-corrected chi connectivity index (χ0v) is 11.7. The molecule has 108 valence electrons. The van der Waals surface area contributed by atoms with Crippen molar-refractivity contribution in [1.82, 2.24) is 19.9 Å². The third-order valence-corrected chi connectivity index (χ3v) is 3.30. The summed E-state index contributed by atoms with van der Waals surface area (Å²) in [4.78, 5) is 30.1. The predicted molar refractivity (Wildman–Crippen MR) is 73.0 cm³/mol. The summed E-state index contributed by atoms with van der Waals surface area (Å²) in [7, 11) is 1.58. The van der Waals surface area contributed by atoms with Crippen molar-refractivity contribution in [2.24, 2.45) is 0 Å². The Morgan fingerprint density at radius 3 is 2.57 bits per heavy atom. The van der Waals surface area contributed by atoms with Crippen molar-refractivity contribution in [3.8, 4) is 11.4 Å². The maximum Gasteiger partial charge on any atom is 0.327 e. The first-order chi connectivity index (χ1) is 10.0. The molecule has 1 aliphatic rings. The van der Waals surface area contributed by atoms with Gasteiger partial charge in [-0.15, -0.1) is 0 Å². The molecule has 0 N–H and O–H groups in total. The standard InChI is InChI=1S/C14H14N4O3/c1-9-3-5-10(6-4-9)13-15-11(21-16-13)7-18-12(19)8-17(2)14(18)20/h3-6H,7-8H2,1-2H3. The Balaban J connectivity index is 1.78. The largest absolute Gasteiger partial charge is 0.337 e. The van der Waals surface area contributed by atoms with Crippen LogP contribution in [0.5, 0.6) is 0 Å². The molecule has 2 heterocycles. The van der Waals surface area contributed by atoms with Gasteiger partial charge in [0.25, 0.3) is 5.91 Å². The first-order valence-electron chi connectivity index (χ1n) is 6.49. The molecule has 0 aliphatic carbocycles. The molecule has 0 unspecified atom stereocenters. The lowest BCUT2D eigenvalue weighted by atomic mass is 10.1. The van der Waals surface area contributed by atoms with Gasteiger partial charge in [-0.05, 0) is 6.92 Å². The van der Waals surface area contributed by atoms with Gasteiger partial charge in [-0.3, -0.25) is 9.69 Å². The molecule has 7 heteroatoms. The van der Waals surface area contributed by atoms with E-state index in [-0.39, 0.29) is 30.9 Å². The lowest BCUT2D eigenvalue weighted by Gasteiger charge is -2.10. The van der Waals surface area contributed by atoms with Crippen LogP contribution in [0.3, 0.4) is 0 Å². The van der Waals surface area contributed by atoms with Crippen LogP contribution in [0, 0.1) is 6.92 Å². The number of benzene rings is 1. The van der Waals surface area contributed by atoms with Crippen LogP contribution in [-0.4, -0.2) is 45.5 Å². The number of likely N-dealkylation sites (N-methyl/N-ethyl adjacent to an activating group) is 1. The van der Waals surface area contributed by atoms with Crippen LogP contribution < -0.4 is 0 Å². The van der Waals surface area contributed by atoms with Crippen molar-refractivity contribution in [2.45, 2.75) is 13.5 Å². The molecule has 1 aliphatic heterocycles. The minimum absolute atomic E-state index is 0.000861. The smallest absolute Gasteiger partial charge is 0.327 e. The molecule has 1 fully saturated rings. The van der Waals surface area contributed by atoms with Crippen LogP contribution in [0.2, 0.25) is 0 Å². The van der Waals surface area contributed by atoms with Crippen molar-refractivity contribution >= 4 is 11.9 Å². The van der Waals surface area contributed by atoms with Crippen molar-refractivity contribution in [3.63, 3.8) is 0 Å². The molecule has 1 aromatic carbocycles. The van der Waals surface area contributed by atoms with E-state index in [1.807, 2.05) is 31.2 Å². The van der Waals surface area contributed by atoms with E-state index in [9.17, 15) is 9.59 Å². The van der Waals surface area contributed by atoms with E-state index in [0.717, 1.165) is 16.0 Å². The van der Waals surface area contributed by atoms with Gasteiger partial charge >= 0.3 is 6.03 Å². The number of aromatic nitrogens is 2. The zero-order chi connectivity index (χ0) is 15.0. The third-order valence-electron chi connectivity index (χ3n) is 3.30. The van der Waals surface area contributed by atoms with Gasteiger partial charge in [0.1, 0.15) is 13.1 Å². The van der Waals surface area contributed by atoms with Crippen LogP contribution >= 0.6 is 0 Å². The normalized spacial score (nSPS) is 15.1. The fourth-order valence-electron chi connectivity index (χ4n) is 2.10. The molecule has 0 spiro atoms. The highest BCUT2D eigenvalue weighted by Gasteiger charge is 2.34. The summed E-state index contributed by atoms with van der Waals surface area (Å²) in [5.41, 5.74) is 1.96. The number of carbonyl (C=O) groups excluding carboxylic acids is 2. The maximum atomic E-state index is 11.8. The van der Waals surface area contributed by atoms with Gasteiger partial charge < -0.3 is 9.42 Å². The molecular weight excluding hydrogens is 272 g/mol. The van der Waals surface area contributed by atoms with Gasteiger partial charge in [0.05, 0.1) is 0 Å². The zero-order valence-electron chi connectivity index (χ0n) is 11.7. The Bertz CT molecular complexity index is 692. The Labute approximate surface area is 121 Å². The topological polar surface area (TPSA) is 79.5 Å². The molecule has 3 amide bonds. The fourth-order valence-corrected chi connectivity index (χ4v) is 2.10. The number of nitrogens with zero attached hydrogens (tertiary/aromatic N) is 4. The van der Waals surface area contributed by atoms with E-state index in [1.165, 1.54) is 4.90 Å². The predicted octanol–water partition coefficient (Wildman–Crippen LogP) is 1.44. The molecule has 21 heavy (non-hydrogen) atoms. The molecule has 2 aromatic rings. The van der Waals surface area contributed by atoms with Crippen LogP contribution in [0.1, 0.15) is 11.5 Å².